The smallest absolute Gasteiger partial charge is 0 e. The molecule has 0 aliphatic carbocycles. The molecule has 0 aromatic rings. The van der Waals surface area contributed by atoms with Gasteiger partial charge in [-0.25, -0.2) is 0 Å². The third-order valence-electron chi connectivity index (χ3n) is 0. The Balaban J connectivity index is 0. The van der Waals surface area contributed by atoms with Crippen molar-refractivity contribution in [1.82, 2.24) is 0 Å². The Bertz CT molecular complexity index is 8.00. The largest absolute Gasteiger partial charge is 0.412 e. The third-order valence-corrected chi connectivity index (χ3v) is 0. The molecule has 0 aromatic carbocycles. The van der Waals surface area contributed by atoms with Crippen molar-refractivity contribution >= 4 is 0 Å². The van der Waals surface area contributed by atoms with Crippen LogP contribution in [0, 0.1) is 0 Å². The molecule has 0 saturated carbocycles. The molecule has 0 aliphatic heterocycles. The molecule has 0 rings (SSSR count). The van der Waals surface area contributed by atoms with Gasteiger partial charge < -0.3 is 5.48 Å². The first-order valence-corrected chi connectivity index (χ1v) is 0. The maximum atomic E-state index is 0. The van der Waals surface area contributed by atoms with Crippen LogP contribution in [0.2, 0.25) is 0 Å². The van der Waals surface area contributed by atoms with Gasteiger partial charge in [0, 0.05) is 67.4 Å². The molecule has 0 unspecified atom stereocenters. The van der Waals surface area contributed by atoms with Crippen LogP contribution in [0.4, 0.5) is 0 Å². The van der Waals surface area contributed by atoms with Crippen molar-refractivity contribution in [3.05, 3.63) is 0 Å². The quantitative estimate of drug-likeness (QED) is 0.479. The molecule has 0 aromatic heterocycles. The predicted molar refractivity (Wildman–Crippen MR) is 3.61 cm³/mol. The molecule has 0 saturated heterocycles. The van der Waals surface area contributed by atoms with Gasteiger partial charge in [-0.3, -0.25) is 0 Å². The van der Waals surface area contributed by atoms with E-state index in [1.54, 1.807) is 0 Å². The fourth-order valence-corrected chi connectivity index (χ4v) is 0. The van der Waals surface area contributed by atoms with Gasteiger partial charge in [-0.1, -0.05) is 0 Å². The van der Waals surface area contributed by atoms with Crippen LogP contribution in [0.5, 0.6) is 0 Å². The van der Waals surface area contributed by atoms with Crippen molar-refractivity contribution in [3.8, 4) is 0 Å². The maximum Gasteiger partial charge on any atom is 0 e. The first-order valence-electron chi connectivity index (χ1n) is 0. The van der Waals surface area contributed by atoms with Crippen LogP contribution in [-0.2, 0) is 67.4 Å². The Morgan fingerprint density at radius 2 is 1.00 bits per heavy atom. The van der Waals surface area contributed by atoms with Crippen molar-refractivity contribution in [2.24, 2.45) is 0 Å². The van der Waals surface area contributed by atoms with Crippen LogP contribution < -0.4 is 0 Å². The van der Waals surface area contributed by atoms with Crippen LogP contribution in [0.3, 0.4) is 0 Å². The normalized spacial score (nSPS) is 0. The van der Waals surface area contributed by atoms with E-state index in [1.165, 1.54) is 0 Å². The SMILES string of the molecule is O.[Ti].[Zn].[Zr]. The average Bonchev–Trinajstić information content (AvgIpc) is 0. The van der Waals surface area contributed by atoms with Gasteiger partial charge in [0.2, 0.25) is 0 Å². The minimum atomic E-state index is 0. The fourth-order valence-electron chi connectivity index (χ4n) is 0. The molecular weight excluding hydrogens is 220 g/mol. The van der Waals surface area contributed by atoms with Gasteiger partial charge in [-0.05, 0) is 0 Å². The van der Waals surface area contributed by atoms with Gasteiger partial charge in [0.25, 0.3) is 0 Å². The van der Waals surface area contributed by atoms with E-state index in [0.717, 1.165) is 0 Å². The summed E-state index contributed by atoms with van der Waals surface area (Å²) in [6, 6.07) is 0. The van der Waals surface area contributed by atoms with E-state index in [1.807, 2.05) is 0 Å². The molecule has 0 fully saturated rings. The Morgan fingerprint density at radius 1 is 1.00 bits per heavy atom. The van der Waals surface area contributed by atoms with Crippen LogP contribution in [-0.4, -0.2) is 5.48 Å². The molecule has 0 heterocycles. The third kappa shape index (κ3) is 8.89. The van der Waals surface area contributed by atoms with Gasteiger partial charge in [-0.15, -0.1) is 0 Å². The standard InChI is InChI=1S/H2O.Ti.Zn.Zr/h1H2;;;. The Hall–Kier alpha value is 2.18. The van der Waals surface area contributed by atoms with Crippen molar-refractivity contribution in [2.45, 2.75) is 0 Å². The first-order chi connectivity index (χ1) is 0. The van der Waals surface area contributed by atoms with E-state index in [2.05, 4.69) is 0 Å². The Kier molecular flexibility index (Phi) is 166. The van der Waals surface area contributed by atoms with Crippen molar-refractivity contribution in [2.75, 3.05) is 0 Å². The van der Waals surface area contributed by atoms with Gasteiger partial charge >= 0.3 is 0 Å². The second kappa shape index (κ2) is 19.0. The summed E-state index contributed by atoms with van der Waals surface area (Å²) in [5.74, 6) is 0. The molecule has 4 heteroatoms. The minimum Gasteiger partial charge on any atom is -0.412 e. The molecule has 0 spiro atoms. The minimum absolute atomic E-state index is 0. The van der Waals surface area contributed by atoms with Crippen molar-refractivity contribution < 1.29 is 72.9 Å². The Labute approximate surface area is 72.0 Å². The molecule has 18 valence electrons. The molecule has 0 amide bonds. The van der Waals surface area contributed by atoms with E-state index < -0.39 is 0 Å². The summed E-state index contributed by atoms with van der Waals surface area (Å²) in [4.78, 5) is 0. The molecular formula is H2OTiZnZr. The van der Waals surface area contributed by atoms with E-state index in [0.29, 0.717) is 0 Å². The zero-order chi connectivity index (χ0) is 0. The Morgan fingerprint density at radius 3 is 1.00 bits per heavy atom. The van der Waals surface area contributed by atoms with E-state index in [4.69, 9.17) is 0 Å². The molecule has 0 bridgehead atoms. The first kappa shape index (κ1) is 34.9. The van der Waals surface area contributed by atoms with E-state index in [-0.39, 0.29) is 72.9 Å². The summed E-state index contributed by atoms with van der Waals surface area (Å²) in [6.07, 6.45) is 0. The van der Waals surface area contributed by atoms with Crippen LogP contribution in [0.15, 0.2) is 0 Å². The zero-order valence-electron chi connectivity index (χ0n) is 2.21. The molecule has 1 nitrogen and oxygen atoms in total. The topological polar surface area (TPSA) is 31.5 Å². The fraction of sp³-hybridized carbons (Fsp3) is 0. The summed E-state index contributed by atoms with van der Waals surface area (Å²) in [5.41, 5.74) is 0. The second-order valence-electron chi connectivity index (χ2n) is 0. The monoisotopic (exact) mass is 220 g/mol. The summed E-state index contributed by atoms with van der Waals surface area (Å²) in [6.45, 7) is 0. The van der Waals surface area contributed by atoms with Crippen molar-refractivity contribution in [1.29, 1.82) is 0 Å². The number of hydrogen-bond acceptors (Lipinski definition) is 0. The summed E-state index contributed by atoms with van der Waals surface area (Å²) >= 11 is 0. The summed E-state index contributed by atoms with van der Waals surface area (Å²) in [7, 11) is 0. The van der Waals surface area contributed by atoms with Gasteiger partial charge in [0.1, 0.15) is 0 Å². The maximum absolute atomic E-state index is 0. The second-order valence-corrected chi connectivity index (χ2v) is 0. The number of hydrogen-bond donors (Lipinski definition) is 0. The van der Waals surface area contributed by atoms with Gasteiger partial charge in [0.05, 0.1) is 0 Å². The predicted octanol–water partition coefficient (Wildman–Crippen LogP) is -0.832. The van der Waals surface area contributed by atoms with Gasteiger partial charge in [0.15, 0.2) is 0 Å². The van der Waals surface area contributed by atoms with Crippen molar-refractivity contribution in [3.63, 3.8) is 0 Å². The molecule has 2 N–H and O–H groups in total. The number of rotatable bonds is 0. The average molecular weight is 222 g/mol. The van der Waals surface area contributed by atoms with E-state index in [9.17, 15) is 0 Å². The van der Waals surface area contributed by atoms with Crippen LogP contribution in [0.25, 0.3) is 0 Å². The molecule has 4 heavy (non-hydrogen) atoms. The van der Waals surface area contributed by atoms with Gasteiger partial charge in [-0.2, -0.15) is 0 Å². The molecule has 0 aliphatic rings. The summed E-state index contributed by atoms with van der Waals surface area (Å²) in [5, 5.41) is 0. The zero-order valence-corrected chi connectivity index (χ0v) is 9.19. The van der Waals surface area contributed by atoms with E-state index >= 15 is 0 Å². The molecule has 0 radical (unpaired) electrons. The van der Waals surface area contributed by atoms with Crippen LogP contribution >= 0.6 is 0 Å². The molecule has 0 atom stereocenters. The summed E-state index contributed by atoms with van der Waals surface area (Å²) < 4.78 is 0. The van der Waals surface area contributed by atoms with Crippen LogP contribution in [0.1, 0.15) is 0 Å².